The van der Waals surface area contributed by atoms with Crippen molar-refractivity contribution >= 4 is 0 Å². The molecule has 6 nitrogen and oxygen atoms in total. The molecule has 1 fully saturated rings. The largest absolute Gasteiger partial charge is 0.488 e. The van der Waals surface area contributed by atoms with Gasteiger partial charge >= 0.3 is 0 Å². The van der Waals surface area contributed by atoms with Gasteiger partial charge in [-0.05, 0) is 91.9 Å². The lowest BCUT2D eigenvalue weighted by Crippen LogP contribution is -2.29. The number of hydrogen-bond donors (Lipinski definition) is 0. The Balaban J connectivity index is 1.22. The first-order valence-electron chi connectivity index (χ1n) is 14.6. The molecule has 0 saturated carbocycles. The molecule has 2 aliphatic heterocycles. The molecule has 212 valence electrons. The average Bonchev–Trinajstić information content (AvgIpc) is 3.01. The number of pyridine rings is 1. The molecule has 0 amide bonds. The van der Waals surface area contributed by atoms with Crippen LogP contribution in [0.2, 0.25) is 0 Å². The van der Waals surface area contributed by atoms with Gasteiger partial charge in [-0.3, -0.25) is 9.88 Å². The predicted octanol–water partition coefficient (Wildman–Crippen LogP) is 7.28. The first kappa shape index (κ1) is 27.2. The van der Waals surface area contributed by atoms with Gasteiger partial charge in [0, 0.05) is 36.1 Å². The molecule has 0 atom stereocenters. The zero-order valence-electron chi connectivity index (χ0n) is 24.0. The first-order chi connectivity index (χ1) is 20.1. The molecule has 3 aromatic carbocycles. The normalized spacial score (nSPS) is 15.0. The minimum Gasteiger partial charge on any atom is -0.488 e. The van der Waals surface area contributed by atoms with Crippen LogP contribution in [0.25, 0.3) is 11.1 Å². The van der Waals surface area contributed by atoms with E-state index in [1.165, 1.54) is 30.4 Å². The number of piperidine rings is 1. The van der Waals surface area contributed by atoms with Crippen LogP contribution in [0.15, 0.2) is 73.1 Å². The van der Waals surface area contributed by atoms with Gasteiger partial charge < -0.3 is 18.9 Å². The quantitative estimate of drug-likeness (QED) is 0.218. The number of benzene rings is 3. The van der Waals surface area contributed by atoms with Crippen LogP contribution in [0.1, 0.15) is 47.1 Å². The summed E-state index contributed by atoms with van der Waals surface area (Å²) in [5, 5.41) is 0. The van der Waals surface area contributed by atoms with Gasteiger partial charge in [0.05, 0.1) is 0 Å². The van der Waals surface area contributed by atoms with E-state index >= 15 is 0 Å². The van der Waals surface area contributed by atoms with Gasteiger partial charge in [0.25, 0.3) is 0 Å². The maximum atomic E-state index is 6.47. The van der Waals surface area contributed by atoms with Crippen molar-refractivity contribution in [1.29, 1.82) is 0 Å². The summed E-state index contributed by atoms with van der Waals surface area (Å²) in [5.74, 6) is 3.33. The van der Waals surface area contributed by atoms with Crippen LogP contribution in [0, 0.1) is 13.8 Å². The number of aryl methyl sites for hydroxylation is 1. The molecule has 0 spiro atoms. The van der Waals surface area contributed by atoms with Crippen molar-refractivity contribution in [2.75, 3.05) is 26.3 Å². The second-order valence-corrected chi connectivity index (χ2v) is 10.9. The topological polar surface area (TPSA) is 53.1 Å². The third-order valence-corrected chi connectivity index (χ3v) is 8.00. The van der Waals surface area contributed by atoms with Crippen LogP contribution in [-0.2, 0) is 19.8 Å². The second kappa shape index (κ2) is 12.6. The maximum absolute atomic E-state index is 6.47. The number of rotatable bonds is 9. The summed E-state index contributed by atoms with van der Waals surface area (Å²) in [7, 11) is 0. The predicted molar refractivity (Wildman–Crippen MR) is 161 cm³/mol. The molecule has 0 N–H and O–H groups in total. The smallest absolute Gasteiger partial charge is 0.161 e. The summed E-state index contributed by atoms with van der Waals surface area (Å²) in [6.45, 7) is 9.55. The molecule has 0 unspecified atom stereocenters. The van der Waals surface area contributed by atoms with Crippen molar-refractivity contribution in [1.82, 2.24) is 9.88 Å². The van der Waals surface area contributed by atoms with Gasteiger partial charge in [0.1, 0.15) is 37.9 Å². The Kier molecular flexibility index (Phi) is 8.38. The fraction of sp³-hybridized carbons (Fsp3) is 0.343. The summed E-state index contributed by atoms with van der Waals surface area (Å²) >= 11 is 0. The number of aromatic nitrogens is 1. The van der Waals surface area contributed by atoms with Crippen LogP contribution in [0.3, 0.4) is 0 Å². The summed E-state index contributed by atoms with van der Waals surface area (Å²) in [6, 6.07) is 20.8. The van der Waals surface area contributed by atoms with E-state index < -0.39 is 0 Å². The summed E-state index contributed by atoms with van der Waals surface area (Å²) in [4.78, 5) is 6.77. The third kappa shape index (κ3) is 6.49. The van der Waals surface area contributed by atoms with Crippen LogP contribution < -0.4 is 18.9 Å². The highest BCUT2D eigenvalue weighted by molar-refractivity contribution is 5.71. The maximum Gasteiger partial charge on any atom is 0.161 e. The highest BCUT2D eigenvalue weighted by Gasteiger charge is 2.18. The minimum atomic E-state index is 0.471. The third-order valence-electron chi connectivity index (χ3n) is 8.00. The molecule has 0 radical (unpaired) electrons. The lowest BCUT2D eigenvalue weighted by molar-refractivity contribution is 0.171. The van der Waals surface area contributed by atoms with Gasteiger partial charge in [-0.25, -0.2) is 0 Å². The van der Waals surface area contributed by atoms with E-state index in [9.17, 15) is 0 Å². The monoisotopic (exact) mass is 550 g/mol. The van der Waals surface area contributed by atoms with Crippen LogP contribution in [0.4, 0.5) is 0 Å². The SMILES string of the molecule is Cc1cc(CN2CCCCC2)c(OCc2cccnc2)cc1OCc1cccc(-c2ccc3c(c2)OCCO3)c1C. The number of ether oxygens (including phenoxy) is 4. The Labute approximate surface area is 242 Å². The fourth-order valence-electron chi connectivity index (χ4n) is 5.66. The molecular weight excluding hydrogens is 512 g/mol. The molecule has 0 bridgehead atoms. The summed E-state index contributed by atoms with van der Waals surface area (Å²) in [6.07, 6.45) is 7.48. The Bertz CT molecular complexity index is 1480. The van der Waals surface area contributed by atoms with Gasteiger partial charge in [-0.2, -0.15) is 0 Å². The van der Waals surface area contributed by atoms with Gasteiger partial charge in [-0.15, -0.1) is 0 Å². The summed E-state index contributed by atoms with van der Waals surface area (Å²) in [5.41, 5.74) is 7.98. The van der Waals surface area contributed by atoms with Crippen molar-refractivity contribution in [3.63, 3.8) is 0 Å². The number of likely N-dealkylation sites (tertiary alicyclic amines) is 1. The van der Waals surface area contributed by atoms with E-state index in [1.54, 1.807) is 6.20 Å². The van der Waals surface area contributed by atoms with Crippen molar-refractivity contribution in [3.05, 3.63) is 101 Å². The van der Waals surface area contributed by atoms with E-state index in [2.05, 4.69) is 66.2 Å². The van der Waals surface area contributed by atoms with E-state index in [-0.39, 0.29) is 0 Å². The van der Waals surface area contributed by atoms with E-state index in [0.717, 1.165) is 70.4 Å². The first-order valence-corrected chi connectivity index (χ1v) is 14.6. The number of hydrogen-bond acceptors (Lipinski definition) is 6. The Morgan fingerprint density at radius 3 is 2.44 bits per heavy atom. The molecule has 4 aromatic rings. The molecule has 41 heavy (non-hydrogen) atoms. The molecular formula is C35H38N2O4. The van der Waals surface area contributed by atoms with Crippen LogP contribution in [-0.4, -0.2) is 36.2 Å². The average molecular weight is 551 g/mol. The van der Waals surface area contributed by atoms with Crippen molar-refractivity contribution in [3.8, 4) is 34.1 Å². The standard InChI is InChI=1S/C35H38N2O4/c1-25-18-30(22-37-14-4-3-5-15-37)34(40-23-27-8-7-13-36-21-27)20-33(25)41-24-29-9-6-10-31(26(29)2)28-11-12-32-35(19-28)39-17-16-38-32/h6-13,18-21H,3-5,14-17,22-24H2,1-2H3. The van der Waals surface area contributed by atoms with Crippen molar-refractivity contribution in [2.24, 2.45) is 0 Å². The van der Waals surface area contributed by atoms with Gasteiger partial charge in [-0.1, -0.05) is 36.8 Å². The molecule has 6 rings (SSSR count). The van der Waals surface area contributed by atoms with Crippen LogP contribution in [0.5, 0.6) is 23.0 Å². The highest BCUT2D eigenvalue weighted by atomic mass is 16.6. The zero-order valence-corrected chi connectivity index (χ0v) is 24.0. The number of fused-ring (bicyclic) bond motifs is 1. The molecule has 3 heterocycles. The van der Waals surface area contributed by atoms with E-state index in [0.29, 0.717) is 26.4 Å². The number of nitrogens with zero attached hydrogens (tertiary/aromatic N) is 2. The van der Waals surface area contributed by atoms with Gasteiger partial charge in [0.15, 0.2) is 11.5 Å². The minimum absolute atomic E-state index is 0.471. The Morgan fingerprint density at radius 2 is 1.61 bits per heavy atom. The Morgan fingerprint density at radius 1 is 0.780 bits per heavy atom. The van der Waals surface area contributed by atoms with E-state index in [4.69, 9.17) is 18.9 Å². The fourth-order valence-corrected chi connectivity index (χ4v) is 5.66. The van der Waals surface area contributed by atoms with Gasteiger partial charge in [0.2, 0.25) is 0 Å². The van der Waals surface area contributed by atoms with Crippen molar-refractivity contribution in [2.45, 2.75) is 52.9 Å². The molecule has 1 saturated heterocycles. The van der Waals surface area contributed by atoms with Crippen LogP contribution >= 0.6 is 0 Å². The highest BCUT2D eigenvalue weighted by Crippen LogP contribution is 2.37. The lowest BCUT2D eigenvalue weighted by atomic mass is 9.96. The molecule has 6 heteroatoms. The van der Waals surface area contributed by atoms with E-state index in [1.807, 2.05) is 24.4 Å². The lowest BCUT2D eigenvalue weighted by Gasteiger charge is -2.27. The molecule has 1 aromatic heterocycles. The zero-order chi connectivity index (χ0) is 28.0. The molecule has 2 aliphatic rings. The Hall–Kier alpha value is -4.03. The molecule has 0 aliphatic carbocycles. The second-order valence-electron chi connectivity index (χ2n) is 10.9. The van der Waals surface area contributed by atoms with Crippen molar-refractivity contribution < 1.29 is 18.9 Å². The summed E-state index contributed by atoms with van der Waals surface area (Å²) < 4.78 is 24.4.